The average Bonchev–Trinajstić information content (AvgIpc) is 3.41. The number of amides is 2. The van der Waals surface area contributed by atoms with Crippen LogP contribution in [0.25, 0.3) is 0 Å². The van der Waals surface area contributed by atoms with Gasteiger partial charge in [-0.3, -0.25) is 9.59 Å². The number of rotatable bonds is 5. The molecule has 26 heavy (non-hydrogen) atoms. The second-order valence-corrected chi connectivity index (χ2v) is 8.03. The maximum absolute atomic E-state index is 12.5. The van der Waals surface area contributed by atoms with Gasteiger partial charge in [0.2, 0.25) is 11.8 Å². The Morgan fingerprint density at radius 2 is 2.04 bits per heavy atom. The molecule has 1 aliphatic carbocycles. The quantitative estimate of drug-likeness (QED) is 0.829. The molecule has 2 N–H and O–H groups in total. The lowest BCUT2D eigenvalue weighted by molar-refractivity contribution is -0.135. The van der Waals surface area contributed by atoms with Crippen LogP contribution in [0.15, 0.2) is 24.3 Å². The van der Waals surface area contributed by atoms with E-state index in [1.165, 1.54) is 0 Å². The Bertz CT molecular complexity index is 648. The molecule has 0 radical (unpaired) electrons. The third kappa shape index (κ3) is 5.71. The molecular formula is C20H28ClN3O2. The fourth-order valence-corrected chi connectivity index (χ4v) is 3.66. The molecule has 1 saturated carbocycles. The van der Waals surface area contributed by atoms with Crippen molar-refractivity contribution in [2.75, 3.05) is 13.6 Å². The lowest BCUT2D eigenvalue weighted by Gasteiger charge is -2.24. The zero-order valence-electron chi connectivity index (χ0n) is 15.3. The fourth-order valence-electron chi connectivity index (χ4n) is 3.45. The summed E-state index contributed by atoms with van der Waals surface area (Å²) in [6.07, 6.45) is 5.12. The van der Waals surface area contributed by atoms with E-state index in [0.29, 0.717) is 19.0 Å². The van der Waals surface area contributed by atoms with Crippen LogP contribution in [-0.2, 0) is 16.1 Å². The Morgan fingerprint density at radius 1 is 1.23 bits per heavy atom. The number of carbonyl (C=O) groups excluding carboxylic acids is 2. The highest BCUT2D eigenvalue weighted by molar-refractivity contribution is 6.30. The number of likely N-dealkylation sites (N-methyl/N-ethyl adjacent to an activating group) is 1. The van der Waals surface area contributed by atoms with Gasteiger partial charge in [0.25, 0.3) is 0 Å². The maximum Gasteiger partial charge on any atom is 0.223 e. The van der Waals surface area contributed by atoms with Crippen LogP contribution in [0.1, 0.15) is 44.1 Å². The van der Waals surface area contributed by atoms with Gasteiger partial charge in [0.15, 0.2) is 0 Å². The predicted molar refractivity (Wildman–Crippen MR) is 103 cm³/mol. The van der Waals surface area contributed by atoms with Crippen LogP contribution in [-0.4, -0.2) is 42.4 Å². The number of hydrogen-bond donors (Lipinski definition) is 2. The van der Waals surface area contributed by atoms with Gasteiger partial charge in [-0.25, -0.2) is 0 Å². The highest BCUT2D eigenvalue weighted by Crippen LogP contribution is 2.23. The lowest BCUT2D eigenvalue weighted by Crippen LogP contribution is -2.42. The first-order valence-corrected chi connectivity index (χ1v) is 9.91. The summed E-state index contributed by atoms with van der Waals surface area (Å²) in [7, 11) is 1.83. The summed E-state index contributed by atoms with van der Waals surface area (Å²) in [5, 5.41) is 7.33. The van der Waals surface area contributed by atoms with Crippen molar-refractivity contribution in [2.24, 2.45) is 5.92 Å². The van der Waals surface area contributed by atoms with E-state index in [-0.39, 0.29) is 23.8 Å². The van der Waals surface area contributed by atoms with Crippen LogP contribution in [0.4, 0.5) is 0 Å². The van der Waals surface area contributed by atoms with Crippen molar-refractivity contribution in [3.63, 3.8) is 0 Å². The molecule has 1 aromatic rings. The number of halogens is 1. The summed E-state index contributed by atoms with van der Waals surface area (Å²) in [4.78, 5) is 26.7. The number of nitrogens with one attached hydrogen (secondary N) is 2. The van der Waals surface area contributed by atoms with E-state index < -0.39 is 0 Å². The zero-order chi connectivity index (χ0) is 18.5. The molecule has 1 heterocycles. The summed E-state index contributed by atoms with van der Waals surface area (Å²) in [6.45, 7) is 1.38. The van der Waals surface area contributed by atoms with Crippen molar-refractivity contribution >= 4 is 23.4 Å². The van der Waals surface area contributed by atoms with Gasteiger partial charge < -0.3 is 15.5 Å². The van der Waals surface area contributed by atoms with E-state index in [9.17, 15) is 9.59 Å². The predicted octanol–water partition coefficient (Wildman–Crippen LogP) is 2.73. The molecule has 2 aliphatic rings. The van der Waals surface area contributed by atoms with Gasteiger partial charge in [-0.1, -0.05) is 30.2 Å². The van der Waals surface area contributed by atoms with Gasteiger partial charge in [-0.05, 0) is 43.4 Å². The minimum absolute atomic E-state index is 0.0532. The third-order valence-electron chi connectivity index (χ3n) is 5.22. The normalized spacial score (nSPS) is 24.5. The molecule has 1 aromatic carbocycles. The van der Waals surface area contributed by atoms with E-state index in [0.717, 1.165) is 49.2 Å². The van der Waals surface area contributed by atoms with Crippen LogP contribution in [0.2, 0.25) is 5.02 Å². The van der Waals surface area contributed by atoms with Crippen LogP contribution in [0, 0.1) is 5.92 Å². The molecular weight excluding hydrogens is 350 g/mol. The second-order valence-electron chi connectivity index (χ2n) is 7.60. The van der Waals surface area contributed by atoms with E-state index in [1.54, 1.807) is 4.90 Å². The van der Waals surface area contributed by atoms with Gasteiger partial charge >= 0.3 is 0 Å². The van der Waals surface area contributed by atoms with E-state index in [4.69, 9.17) is 11.6 Å². The van der Waals surface area contributed by atoms with Crippen molar-refractivity contribution < 1.29 is 9.59 Å². The van der Waals surface area contributed by atoms with Crippen LogP contribution in [0.3, 0.4) is 0 Å². The summed E-state index contributed by atoms with van der Waals surface area (Å²) < 4.78 is 0. The largest absolute Gasteiger partial charge is 0.353 e. The molecule has 6 heteroatoms. The summed E-state index contributed by atoms with van der Waals surface area (Å²) in [6, 6.07) is 8.37. The van der Waals surface area contributed by atoms with E-state index >= 15 is 0 Å². The summed E-state index contributed by atoms with van der Waals surface area (Å²) in [5.74, 6) is -0.0887. The first kappa shape index (κ1) is 19.2. The van der Waals surface area contributed by atoms with Crippen LogP contribution in [0.5, 0.6) is 0 Å². The standard InChI is InChI=1S/C20H28ClN3O2/c1-24-13-18(22-12-14-4-2-6-16(21)10-14)7-3-5-15(11-19(24)25)20(26)23-17-8-9-17/h2,4,6,10,15,17-18,22H,3,5,7-9,11-13H2,1H3,(H,23,26)/t15-,18-/m1/s1. The molecule has 0 aromatic heterocycles. The molecule has 142 valence electrons. The van der Waals surface area contributed by atoms with Crippen molar-refractivity contribution in [1.29, 1.82) is 0 Å². The van der Waals surface area contributed by atoms with Crippen LogP contribution < -0.4 is 10.6 Å². The molecule has 2 atom stereocenters. The minimum Gasteiger partial charge on any atom is -0.353 e. The van der Waals surface area contributed by atoms with Crippen molar-refractivity contribution in [3.05, 3.63) is 34.9 Å². The Balaban J connectivity index is 1.56. The molecule has 2 amide bonds. The minimum atomic E-state index is -0.197. The second kappa shape index (κ2) is 8.87. The monoisotopic (exact) mass is 377 g/mol. The smallest absolute Gasteiger partial charge is 0.223 e. The third-order valence-corrected chi connectivity index (χ3v) is 5.46. The van der Waals surface area contributed by atoms with Gasteiger partial charge in [-0.2, -0.15) is 0 Å². The number of carbonyl (C=O) groups is 2. The van der Waals surface area contributed by atoms with Gasteiger partial charge in [0.05, 0.1) is 0 Å². The van der Waals surface area contributed by atoms with Crippen molar-refractivity contribution in [1.82, 2.24) is 15.5 Å². The van der Waals surface area contributed by atoms with Crippen molar-refractivity contribution in [3.8, 4) is 0 Å². The molecule has 0 unspecified atom stereocenters. The van der Waals surface area contributed by atoms with E-state index in [1.807, 2.05) is 31.3 Å². The number of hydrogen-bond acceptors (Lipinski definition) is 3. The first-order chi connectivity index (χ1) is 12.5. The molecule has 2 fully saturated rings. The Hall–Kier alpha value is -1.59. The molecule has 3 rings (SSSR count). The van der Waals surface area contributed by atoms with Crippen molar-refractivity contribution in [2.45, 2.75) is 57.2 Å². The fraction of sp³-hybridized carbons (Fsp3) is 0.600. The molecule has 0 spiro atoms. The Labute approximate surface area is 160 Å². The summed E-state index contributed by atoms with van der Waals surface area (Å²) >= 11 is 6.05. The van der Waals surface area contributed by atoms with Gasteiger partial charge in [0.1, 0.15) is 0 Å². The molecule has 0 bridgehead atoms. The highest BCUT2D eigenvalue weighted by Gasteiger charge is 2.30. The van der Waals surface area contributed by atoms with Gasteiger partial charge in [0, 0.05) is 49.6 Å². The number of nitrogens with zero attached hydrogens (tertiary/aromatic N) is 1. The first-order valence-electron chi connectivity index (χ1n) is 9.53. The maximum atomic E-state index is 12.5. The topological polar surface area (TPSA) is 61.4 Å². The Morgan fingerprint density at radius 3 is 2.77 bits per heavy atom. The molecule has 1 saturated heterocycles. The Kier molecular flexibility index (Phi) is 6.54. The van der Waals surface area contributed by atoms with E-state index in [2.05, 4.69) is 10.6 Å². The summed E-state index contributed by atoms with van der Waals surface area (Å²) in [5.41, 5.74) is 1.13. The number of benzene rings is 1. The lowest BCUT2D eigenvalue weighted by atomic mass is 9.96. The highest BCUT2D eigenvalue weighted by atomic mass is 35.5. The molecule has 5 nitrogen and oxygen atoms in total. The zero-order valence-corrected chi connectivity index (χ0v) is 16.1. The van der Waals surface area contributed by atoms with Crippen LogP contribution >= 0.6 is 11.6 Å². The SMILES string of the molecule is CN1C[C@H](NCc2cccc(Cl)c2)CCC[C@@H](C(=O)NC2CC2)CC1=O. The molecule has 1 aliphatic heterocycles. The average molecular weight is 378 g/mol. The van der Waals surface area contributed by atoms with Gasteiger partial charge in [-0.15, -0.1) is 0 Å².